The number of esters is 1. The van der Waals surface area contributed by atoms with Crippen LogP contribution in [-0.2, 0) is 4.79 Å². The van der Waals surface area contributed by atoms with Gasteiger partial charge >= 0.3 is 5.97 Å². The van der Waals surface area contributed by atoms with Crippen molar-refractivity contribution in [3.05, 3.63) is 46.8 Å². The van der Waals surface area contributed by atoms with Gasteiger partial charge in [0.2, 0.25) is 5.88 Å². The van der Waals surface area contributed by atoms with E-state index in [1.54, 1.807) is 24.3 Å². The van der Waals surface area contributed by atoms with Gasteiger partial charge in [-0.2, -0.15) is 5.26 Å². The van der Waals surface area contributed by atoms with E-state index in [4.69, 9.17) is 5.26 Å². The quantitative estimate of drug-likeness (QED) is 0.603. The first-order valence-corrected chi connectivity index (χ1v) is 4.70. The zero-order valence-corrected chi connectivity index (χ0v) is 8.58. The molecule has 1 heterocycles. The molecular formula is C11H7N3O3. The van der Waals surface area contributed by atoms with Gasteiger partial charge in [-0.05, 0) is 12.1 Å². The second-order valence-electron chi connectivity index (χ2n) is 3.13. The van der Waals surface area contributed by atoms with Gasteiger partial charge in [-0.15, -0.1) is 0 Å². The summed E-state index contributed by atoms with van der Waals surface area (Å²) in [4.78, 5) is 22.3. The number of hydrogen-bond donors (Lipinski definition) is 1. The summed E-state index contributed by atoms with van der Waals surface area (Å²) in [6.07, 6.45) is 0. The van der Waals surface area contributed by atoms with Crippen molar-refractivity contribution in [2.24, 2.45) is 0 Å². The average Bonchev–Trinajstić information content (AvgIpc) is 2.71. The smallest absolute Gasteiger partial charge is 0.397 e. The van der Waals surface area contributed by atoms with Crippen molar-refractivity contribution in [2.45, 2.75) is 0 Å². The molecule has 0 unspecified atom stereocenters. The van der Waals surface area contributed by atoms with E-state index in [1.165, 1.54) is 10.8 Å². The summed E-state index contributed by atoms with van der Waals surface area (Å²) in [5.74, 6) is -1.14. The molecule has 1 aromatic carbocycles. The summed E-state index contributed by atoms with van der Waals surface area (Å²) >= 11 is 0. The van der Waals surface area contributed by atoms with Crippen molar-refractivity contribution in [2.75, 3.05) is 0 Å². The molecule has 84 valence electrons. The Labute approximate surface area is 95.7 Å². The van der Waals surface area contributed by atoms with Gasteiger partial charge in [-0.3, -0.25) is 9.89 Å². The molecule has 17 heavy (non-hydrogen) atoms. The number of rotatable bonds is 2. The van der Waals surface area contributed by atoms with Gasteiger partial charge in [-0.25, -0.2) is 9.48 Å². The Hall–Kier alpha value is -2.81. The summed E-state index contributed by atoms with van der Waals surface area (Å²) in [5, 5.41) is 10.8. The summed E-state index contributed by atoms with van der Waals surface area (Å²) in [6, 6.07) is 11.2. The minimum absolute atomic E-state index is 0.0644. The topological polar surface area (TPSA) is 87.9 Å². The Morgan fingerprint density at radius 1 is 1.35 bits per heavy atom. The number of benzene rings is 1. The lowest BCUT2D eigenvalue weighted by molar-refractivity contribution is -0.128. The lowest BCUT2D eigenvalue weighted by atomic mass is 10.3. The summed E-state index contributed by atoms with van der Waals surface area (Å²) < 4.78 is 5.78. The Morgan fingerprint density at radius 2 is 2.06 bits per heavy atom. The van der Waals surface area contributed by atoms with Crippen LogP contribution >= 0.6 is 0 Å². The predicted octanol–water partition coefficient (Wildman–Crippen LogP) is 0.595. The van der Waals surface area contributed by atoms with Crippen molar-refractivity contribution >= 4 is 5.97 Å². The predicted molar refractivity (Wildman–Crippen MR) is 57.6 cm³/mol. The first-order chi connectivity index (χ1) is 8.20. The summed E-state index contributed by atoms with van der Waals surface area (Å²) in [6.45, 7) is 0. The van der Waals surface area contributed by atoms with Gasteiger partial charge < -0.3 is 4.74 Å². The highest BCUT2D eigenvalue weighted by Gasteiger charge is 2.08. The molecule has 0 saturated heterocycles. The molecule has 0 spiro atoms. The molecule has 0 fully saturated rings. The number of hydrogen-bond acceptors (Lipinski definition) is 4. The van der Waals surface area contributed by atoms with Crippen molar-refractivity contribution < 1.29 is 9.53 Å². The first kappa shape index (κ1) is 10.7. The van der Waals surface area contributed by atoms with E-state index in [2.05, 4.69) is 9.84 Å². The van der Waals surface area contributed by atoms with Gasteiger partial charge in [0.15, 0.2) is 6.07 Å². The number of nitrogens with zero attached hydrogens (tertiary/aromatic N) is 2. The molecule has 0 aliphatic heterocycles. The molecule has 0 bridgehead atoms. The van der Waals surface area contributed by atoms with E-state index < -0.39 is 5.97 Å². The van der Waals surface area contributed by atoms with Crippen LogP contribution in [-0.4, -0.2) is 15.7 Å². The normalized spacial score (nSPS) is 9.59. The number of carbonyl (C=O) groups is 1. The van der Waals surface area contributed by atoms with Gasteiger partial charge in [0.25, 0.3) is 5.56 Å². The van der Waals surface area contributed by atoms with E-state index in [0.29, 0.717) is 5.69 Å². The number of para-hydroxylation sites is 1. The number of H-pyrrole nitrogens is 1. The van der Waals surface area contributed by atoms with Crippen LogP contribution in [0, 0.1) is 11.3 Å². The second kappa shape index (κ2) is 4.37. The molecule has 2 rings (SSSR count). The highest BCUT2D eigenvalue weighted by Crippen LogP contribution is 2.07. The molecule has 6 heteroatoms. The maximum Gasteiger partial charge on any atom is 0.417 e. The van der Waals surface area contributed by atoms with Crippen LogP contribution < -0.4 is 10.3 Å². The zero-order chi connectivity index (χ0) is 12.3. The van der Waals surface area contributed by atoms with E-state index in [9.17, 15) is 9.59 Å². The van der Waals surface area contributed by atoms with Crippen LogP contribution in [0.3, 0.4) is 0 Å². The fourth-order valence-corrected chi connectivity index (χ4v) is 1.32. The molecule has 2 aromatic rings. The van der Waals surface area contributed by atoms with Crippen LogP contribution in [0.2, 0.25) is 0 Å². The molecule has 0 aliphatic carbocycles. The Morgan fingerprint density at radius 3 is 2.71 bits per heavy atom. The van der Waals surface area contributed by atoms with E-state index in [0.717, 1.165) is 6.07 Å². The standard InChI is InChI=1S/C11H7N3O3/c12-7-11(16)17-9-6-10(15)14(13-9)8-4-2-1-3-5-8/h1-6,13H. The lowest BCUT2D eigenvalue weighted by Gasteiger charge is -2.00. The molecule has 0 atom stereocenters. The number of nitriles is 1. The lowest BCUT2D eigenvalue weighted by Crippen LogP contribution is -2.13. The minimum atomic E-state index is -1.08. The zero-order valence-electron chi connectivity index (χ0n) is 8.58. The third-order valence-corrected chi connectivity index (χ3v) is 2.01. The third-order valence-electron chi connectivity index (χ3n) is 2.01. The maximum absolute atomic E-state index is 11.6. The van der Waals surface area contributed by atoms with Gasteiger partial charge in [0.05, 0.1) is 11.8 Å². The second-order valence-corrected chi connectivity index (χ2v) is 3.13. The van der Waals surface area contributed by atoms with E-state index >= 15 is 0 Å². The number of carbonyl (C=O) groups excluding carboxylic acids is 1. The molecule has 0 saturated carbocycles. The number of nitrogens with one attached hydrogen (secondary N) is 1. The van der Waals surface area contributed by atoms with E-state index in [-0.39, 0.29) is 11.4 Å². The first-order valence-electron chi connectivity index (χ1n) is 4.70. The van der Waals surface area contributed by atoms with Crippen LogP contribution in [0.25, 0.3) is 5.69 Å². The van der Waals surface area contributed by atoms with Crippen molar-refractivity contribution in [1.29, 1.82) is 5.26 Å². The monoisotopic (exact) mass is 229 g/mol. The van der Waals surface area contributed by atoms with Crippen molar-refractivity contribution in [3.8, 4) is 17.6 Å². The van der Waals surface area contributed by atoms with Crippen molar-refractivity contribution in [3.63, 3.8) is 0 Å². The SMILES string of the molecule is N#CC(=O)Oc1cc(=O)n(-c2ccccc2)[nH]1. The van der Waals surface area contributed by atoms with Crippen LogP contribution in [0.4, 0.5) is 0 Å². The highest BCUT2D eigenvalue weighted by atomic mass is 16.5. The Bertz CT molecular complexity index is 634. The molecule has 0 radical (unpaired) electrons. The fraction of sp³-hybridized carbons (Fsp3) is 0. The van der Waals surface area contributed by atoms with Crippen LogP contribution in [0.1, 0.15) is 0 Å². The van der Waals surface area contributed by atoms with Gasteiger partial charge in [-0.1, -0.05) is 18.2 Å². The van der Waals surface area contributed by atoms with Gasteiger partial charge in [0, 0.05) is 0 Å². The summed E-state index contributed by atoms with van der Waals surface area (Å²) in [5.41, 5.74) is 0.230. The third kappa shape index (κ3) is 2.23. The fourth-order valence-electron chi connectivity index (χ4n) is 1.32. The molecular weight excluding hydrogens is 222 g/mol. The Kier molecular flexibility index (Phi) is 2.75. The molecule has 1 N–H and O–H groups in total. The maximum atomic E-state index is 11.6. The Balaban J connectivity index is 2.36. The number of ether oxygens (including phenoxy) is 1. The molecule has 6 nitrogen and oxygen atoms in total. The molecule has 1 aromatic heterocycles. The molecule has 0 aliphatic rings. The molecule has 0 amide bonds. The van der Waals surface area contributed by atoms with E-state index in [1.807, 2.05) is 6.07 Å². The number of aromatic nitrogens is 2. The summed E-state index contributed by atoms with van der Waals surface area (Å²) in [7, 11) is 0. The number of aromatic amines is 1. The van der Waals surface area contributed by atoms with Crippen LogP contribution in [0.15, 0.2) is 41.2 Å². The minimum Gasteiger partial charge on any atom is -0.397 e. The van der Waals surface area contributed by atoms with Crippen LogP contribution in [0.5, 0.6) is 5.88 Å². The highest BCUT2D eigenvalue weighted by molar-refractivity contribution is 5.87. The van der Waals surface area contributed by atoms with Gasteiger partial charge in [0.1, 0.15) is 0 Å². The largest absolute Gasteiger partial charge is 0.417 e. The average molecular weight is 229 g/mol. The van der Waals surface area contributed by atoms with Crippen molar-refractivity contribution in [1.82, 2.24) is 9.78 Å².